The second-order valence-corrected chi connectivity index (χ2v) is 11.6. The Hall–Kier alpha value is -0.120. The Morgan fingerprint density at radius 3 is 2.76 bits per heavy atom. The molecular formula is C17H27N3O2S3. The molecule has 25 heavy (non-hydrogen) atoms. The molecule has 0 amide bonds. The molecule has 5 heterocycles. The van der Waals surface area contributed by atoms with Crippen molar-refractivity contribution in [1.82, 2.24) is 14.5 Å². The Morgan fingerprint density at radius 1 is 1.24 bits per heavy atom. The van der Waals surface area contributed by atoms with Crippen molar-refractivity contribution in [1.29, 1.82) is 0 Å². The highest BCUT2D eigenvalue weighted by Crippen LogP contribution is 2.36. The maximum Gasteiger partial charge on any atom is 0.250 e. The quantitative estimate of drug-likeness (QED) is 0.788. The van der Waals surface area contributed by atoms with E-state index in [-0.39, 0.29) is 0 Å². The third-order valence-electron chi connectivity index (χ3n) is 5.88. The lowest BCUT2D eigenvalue weighted by Gasteiger charge is -2.51. The SMILES string of the molecule is O=S(=O)(NC[C@H]1C[C@@H]2CCN1C[C@@H]2CN1CCSCC1)c1cccs1. The molecule has 1 N–H and O–H groups in total. The Kier molecular flexibility index (Phi) is 5.74. The largest absolute Gasteiger partial charge is 0.301 e. The van der Waals surface area contributed by atoms with Gasteiger partial charge in [-0.05, 0) is 42.7 Å². The zero-order valence-electron chi connectivity index (χ0n) is 14.5. The Balaban J connectivity index is 1.31. The molecule has 0 aliphatic carbocycles. The molecule has 0 aromatic carbocycles. The van der Waals surface area contributed by atoms with Crippen LogP contribution in [0.1, 0.15) is 12.8 Å². The van der Waals surface area contributed by atoms with E-state index in [1.165, 1.54) is 48.9 Å². The van der Waals surface area contributed by atoms with E-state index in [9.17, 15) is 8.42 Å². The van der Waals surface area contributed by atoms with E-state index in [1.807, 2.05) is 5.38 Å². The number of rotatable bonds is 6. The lowest BCUT2D eigenvalue weighted by molar-refractivity contribution is -0.00913. The third kappa shape index (κ3) is 4.25. The number of thioether (sulfide) groups is 1. The average molecular weight is 402 g/mol. The van der Waals surface area contributed by atoms with E-state index in [1.54, 1.807) is 12.1 Å². The van der Waals surface area contributed by atoms with E-state index >= 15 is 0 Å². The van der Waals surface area contributed by atoms with Gasteiger partial charge in [-0.1, -0.05) is 6.07 Å². The van der Waals surface area contributed by atoms with E-state index in [2.05, 4.69) is 26.3 Å². The maximum absolute atomic E-state index is 12.3. The minimum atomic E-state index is -3.34. The summed E-state index contributed by atoms with van der Waals surface area (Å²) in [5.41, 5.74) is 0. The van der Waals surface area contributed by atoms with Crippen LogP contribution < -0.4 is 4.72 Å². The number of hydrogen-bond donors (Lipinski definition) is 1. The Morgan fingerprint density at radius 2 is 2.08 bits per heavy atom. The van der Waals surface area contributed by atoms with Gasteiger partial charge in [0.1, 0.15) is 4.21 Å². The summed E-state index contributed by atoms with van der Waals surface area (Å²) in [6.45, 7) is 6.51. The highest BCUT2D eigenvalue weighted by Gasteiger charge is 2.40. The lowest BCUT2D eigenvalue weighted by Crippen LogP contribution is -2.58. The van der Waals surface area contributed by atoms with Crippen LogP contribution >= 0.6 is 23.1 Å². The van der Waals surface area contributed by atoms with E-state index in [0.29, 0.717) is 16.8 Å². The molecule has 4 aliphatic heterocycles. The van der Waals surface area contributed by atoms with Gasteiger partial charge < -0.3 is 4.90 Å². The molecule has 1 aromatic rings. The van der Waals surface area contributed by atoms with Gasteiger partial charge in [0, 0.05) is 50.3 Å². The molecule has 1 unspecified atom stereocenters. The first-order valence-corrected chi connectivity index (χ1v) is 12.7. The van der Waals surface area contributed by atoms with Crippen molar-refractivity contribution in [2.45, 2.75) is 23.1 Å². The zero-order chi connectivity index (χ0) is 17.3. The van der Waals surface area contributed by atoms with Crippen LogP contribution in [0.15, 0.2) is 21.7 Å². The third-order valence-corrected chi connectivity index (χ3v) is 9.64. The second kappa shape index (κ2) is 7.86. The smallest absolute Gasteiger partial charge is 0.250 e. The van der Waals surface area contributed by atoms with Gasteiger partial charge in [-0.2, -0.15) is 11.8 Å². The summed E-state index contributed by atoms with van der Waals surface area (Å²) in [6, 6.07) is 3.82. The summed E-state index contributed by atoms with van der Waals surface area (Å²) >= 11 is 3.35. The van der Waals surface area contributed by atoms with E-state index < -0.39 is 10.0 Å². The molecule has 4 saturated heterocycles. The van der Waals surface area contributed by atoms with Gasteiger partial charge in [0.05, 0.1) is 0 Å². The van der Waals surface area contributed by atoms with Crippen molar-refractivity contribution in [3.8, 4) is 0 Å². The molecule has 4 aliphatic rings. The van der Waals surface area contributed by atoms with Crippen LogP contribution in [0.5, 0.6) is 0 Å². The number of sulfonamides is 1. The fourth-order valence-electron chi connectivity index (χ4n) is 4.48. The van der Waals surface area contributed by atoms with Gasteiger partial charge in [-0.3, -0.25) is 4.90 Å². The Bertz CT molecular complexity index is 659. The van der Waals surface area contributed by atoms with Crippen LogP contribution in [-0.2, 0) is 10.0 Å². The summed E-state index contributed by atoms with van der Waals surface area (Å²) in [4.78, 5) is 5.16. The lowest BCUT2D eigenvalue weighted by atomic mass is 9.75. The van der Waals surface area contributed by atoms with Gasteiger partial charge in [0.15, 0.2) is 0 Å². The number of hydrogen-bond acceptors (Lipinski definition) is 6. The van der Waals surface area contributed by atoms with Gasteiger partial charge >= 0.3 is 0 Å². The highest BCUT2D eigenvalue weighted by atomic mass is 32.2. The van der Waals surface area contributed by atoms with Crippen LogP contribution in [0.2, 0.25) is 0 Å². The van der Waals surface area contributed by atoms with Gasteiger partial charge in [0.2, 0.25) is 10.0 Å². The van der Waals surface area contributed by atoms with Crippen LogP contribution in [0, 0.1) is 11.8 Å². The predicted octanol–water partition coefficient (Wildman–Crippen LogP) is 1.79. The van der Waals surface area contributed by atoms with Crippen molar-refractivity contribution in [3.05, 3.63) is 17.5 Å². The van der Waals surface area contributed by atoms with Crippen molar-refractivity contribution in [2.24, 2.45) is 11.8 Å². The molecule has 5 rings (SSSR count). The molecule has 2 bridgehead atoms. The minimum Gasteiger partial charge on any atom is -0.301 e. The van der Waals surface area contributed by atoms with E-state index in [4.69, 9.17) is 0 Å². The fraction of sp³-hybridized carbons (Fsp3) is 0.765. The molecular weight excluding hydrogens is 374 g/mol. The first kappa shape index (κ1) is 18.3. The van der Waals surface area contributed by atoms with Crippen molar-refractivity contribution in [2.75, 3.05) is 50.8 Å². The number of nitrogens with one attached hydrogen (secondary N) is 1. The predicted molar refractivity (Wildman–Crippen MR) is 105 cm³/mol. The average Bonchev–Trinajstić information content (AvgIpc) is 3.17. The molecule has 140 valence electrons. The summed E-state index contributed by atoms with van der Waals surface area (Å²) in [5.74, 6) is 4.07. The van der Waals surface area contributed by atoms with Gasteiger partial charge in [0.25, 0.3) is 0 Å². The normalized spacial score (nSPS) is 33.6. The standard InChI is InChI=1S/C17H27N3O2S3/c21-25(22,17-2-1-7-24-17)18-11-16-10-14-3-4-20(16)13-15(14)12-19-5-8-23-9-6-19/h1-2,7,14-16,18H,3-6,8-13H2/t14-,15-,16+/m0/s1. The van der Waals surface area contributed by atoms with Crippen LogP contribution in [0.3, 0.4) is 0 Å². The topological polar surface area (TPSA) is 52.7 Å². The van der Waals surface area contributed by atoms with Crippen LogP contribution in [0.25, 0.3) is 0 Å². The number of nitrogens with zero attached hydrogens (tertiary/aromatic N) is 2. The summed E-state index contributed by atoms with van der Waals surface area (Å²) < 4.78 is 27.9. The summed E-state index contributed by atoms with van der Waals surface area (Å²) in [7, 11) is -3.34. The highest BCUT2D eigenvalue weighted by molar-refractivity contribution is 7.99. The fourth-order valence-corrected chi connectivity index (χ4v) is 7.57. The molecule has 4 fully saturated rings. The first-order chi connectivity index (χ1) is 12.1. The van der Waals surface area contributed by atoms with Crippen LogP contribution in [-0.4, -0.2) is 75.0 Å². The molecule has 0 spiro atoms. The summed E-state index contributed by atoms with van der Waals surface area (Å²) in [6.07, 6.45) is 2.42. The van der Waals surface area contributed by atoms with Crippen molar-refractivity contribution >= 4 is 33.1 Å². The van der Waals surface area contributed by atoms with Crippen LogP contribution in [0.4, 0.5) is 0 Å². The van der Waals surface area contributed by atoms with Gasteiger partial charge in [-0.15, -0.1) is 11.3 Å². The Labute approximate surface area is 159 Å². The number of thiophene rings is 1. The number of piperidine rings is 3. The molecule has 8 heteroatoms. The second-order valence-electron chi connectivity index (χ2n) is 7.39. The molecule has 1 aromatic heterocycles. The minimum absolute atomic E-state index is 0.363. The van der Waals surface area contributed by atoms with Crippen molar-refractivity contribution in [3.63, 3.8) is 0 Å². The van der Waals surface area contributed by atoms with Crippen molar-refractivity contribution < 1.29 is 8.42 Å². The summed E-state index contributed by atoms with van der Waals surface area (Å²) in [5, 5.41) is 1.81. The monoisotopic (exact) mass is 401 g/mol. The molecule has 4 atom stereocenters. The van der Waals surface area contributed by atoms with Gasteiger partial charge in [-0.25, -0.2) is 13.1 Å². The first-order valence-electron chi connectivity index (χ1n) is 9.19. The molecule has 0 radical (unpaired) electrons. The number of fused-ring (bicyclic) bond motifs is 3. The molecule has 5 nitrogen and oxygen atoms in total. The van der Waals surface area contributed by atoms with E-state index in [0.717, 1.165) is 31.3 Å². The molecule has 0 saturated carbocycles. The maximum atomic E-state index is 12.3. The zero-order valence-corrected chi connectivity index (χ0v) is 16.9.